The Labute approximate surface area is 150 Å². The van der Waals surface area contributed by atoms with Crippen LogP contribution in [-0.2, 0) is 17.9 Å². The molecule has 3 aromatic rings. The fourth-order valence-corrected chi connectivity index (χ4v) is 3.30. The molecule has 5 nitrogen and oxygen atoms in total. The molecule has 26 heavy (non-hydrogen) atoms. The molecule has 0 amide bonds. The third-order valence-electron chi connectivity index (χ3n) is 4.65. The van der Waals surface area contributed by atoms with Crippen molar-refractivity contribution in [1.82, 2.24) is 19.9 Å². The first kappa shape index (κ1) is 17.1. The van der Waals surface area contributed by atoms with Gasteiger partial charge in [0.05, 0.1) is 17.2 Å². The highest BCUT2D eigenvalue weighted by Gasteiger charge is 2.34. The van der Waals surface area contributed by atoms with Crippen molar-refractivity contribution in [1.29, 1.82) is 0 Å². The lowest BCUT2D eigenvalue weighted by Gasteiger charge is -2.15. The van der Waals surface area contributed by atoms with Crippen LogP contribution < -0.4 is 0 Å². The average molecular weight is 358 g/mol. The number of rotatable bonds is 5. The number of pyridine rings is 1. The van der Waals surface area contributed by atoms with Crippen LogP contribution in [0.3, 0.4) is 0 Å². The van der Waals surface area contributed by atoms with Gasteiger partial charge in [0.25, 0.3) is 0 Å². The molecule has 4 rings (SSSR count). The molecule has 2 unspecified atom stereocenters. The molecule has 136 valence electrons. The molecule has 0 spiro atoms. The van der Waals surface area contributed by atoms with E-state index in [1.165, 1.54) is 6.20 Å². The van der Waals surface area contributed by atoms with E-state index < -0.39 is 12.3 Å². The second-order valence-corrected chi connectivity index (χ2v) is 6.73. The Morgan fingerprint density at radius 1 is 1.31 bits per heavy atom. The van der Waals surface area contributed by atoms with Crippen LogP contribution in [0.4, 0.5) is 8.78 Å². The van der Waals surface area contributed by atoms with Crippen molar-refractivity contribution in [2.45, 2.75) is 32.4 Å². The average Bonchev–Trinajstić information content (AvgIpc) is 3.17. The van der Waals surface area contributed by atoms with Gasteiger partial charge in [0.1, 0.15) is 30.5 Å². The number of fused-ring (bicyclic) bond motifs is 1. The number of benzene rings is 1. The molecule has 0 saturated carbocycles. The van der Waals surface area contributed by atoms with Crippen LogP contribution in [0.5, 0.6) is 0 Å². The maximum atomic E-state index is 14.3. The fourth-order valence-electron chi connectivity index (χ4n) is 3.30. The Balaban J connectivity index is 1.36. The summed E-state index contributed by atoms with van der Waals surface area (Å²) in [6.45, 7) is 3.23. The number of imidazole rings is 1. The summed E-state index contributed by atoms with van der Waals surface area (Å²) in [5.41, 5.74) is 3.47. The first-order chi connectivity index (χ1) is 12.6. The van der Waals surface area contributed by atoms with Gasteiger partial charge in [-0.2, -0.15) is 0 Å². The van der Waals surface area contributed by atoms with Crippen molar-refractivity contribution < 1.29 is 13.5 Å². The number of alkyl halides is 1. The lowest BCUT2D eigenvalue weighted by molar-refractivity contribution is 0.00862. The van der Waals surface area contributed by atoms with Crippen LogP contribution in [0, 0.1) is 12.7 Å². The maximum Gasteiger partial charge on any atom is 0.145 e. The lowest BCUT2D eigenvalue weighted by atomic mass is 10.2. The Bertz CT molecular complexity index is 913. The van der Waals surface area contributed by atoms with Gasteiger partial charge in [-0.15, -0.1) is 0 Å². The number of H-pyrrole nitrogens is 1. The molecule has 1 N–H and O–H groups in total. The van der Waals surface area contributed by atoms with Crippen molar-refractivity contribution in [3.8, 4) is 0 Å². The number of ether oxygens (including phenoxy) is 1. The summed E-state index contributed by atoms with van der Waals surface area (Å²) in [6, 6.07) is 7.58. The van der Waals surface area contributed by atoms with Crippen LogP contribution in [-0.4, -0.2) is 45.2 Å². The molecule has 0 aliphatic carbocycles. The molecule has 3 heterocycles. The van der Waals surface area contributed by atoms with E-state index in [-0.39, 0.29) is 19.0 Å². The molecule has 1 aliphatic rings. The summed E-state index contributed by atoms with van der Waals surface area (Å²) in [7, 11) is 0. The van der Waals surface area contributed by atoms with Crippen LogP contribution in [0.25, 0.3) is 11.0 Å². The smallest absolute Gasteiger partial charge is 0.145 e. The summed E-state index contributed by atoms with van der Waals surface area (Å²) >= 11 is 0. The highest BCUT2D eigenvalue weighted by molar-refractivity contribution is 5.75. The van der Waals surface area contributed by atoms with E-state index in [4.69, 9.17) is 4.74 Å². The number of halogens is 2. The second-order valence-electron chi connectivity index (χ2n) is 6.73. The number of hydrogen-bond acceptors (Lipinski definition) is 4. The molecular weight excluding hydrogens is 338 g/mol. The Morgan fingerprint density at radius 3 is 3.04 bits per heavy atom. The van der Waals surface area contributed by atoms with Crippen LogP contribution in [0.2, 0.25) is 0 Å². The molecule has 1 fully saturated rings. The predicted molar refractivity (Wildman–Crippen MR) is 93.8 cm³/mol. The SMILES string of the molecule is Cc1ccc2nc(COC3CN(Cc4ccncc4F)CC3F)[nH]c2c1. The van der Waals surface area contributed by atoms with E-state index in [0.717, 1.165) is 16.6 Å². The minimum atomic E-state index is -1.11. The highest BCUT2D eigenvalue weighted by Crippen LogP contribution is 2.21. The molecule has 1 aliphatic heterocycles. The van der Waals surface area contributed by atoms with Gasteiger partial charge in [0, 0.05) is 31.4 Å². The molecule has 2 atom stereocenters. The van der Waals surface area contributed by atoms with E-state index in [1.54, 1.807) is 12.3 Å². The van der Waals surface area contributed by atoms with Crippen molar-refractivity contribution >= 4 is 11.0 Å². The van der Waals surface area contributed by atoms with Gasteiger partial charge >= 0.3 is 0 Å². The van der Waals surface area contributed by atoms with Gasteiger partial charge in [-0.1, -0.05) is 6.07 Å². The fraction of sp³-hybridized carbons (Fsp3) is 0.368. The molecule has 1 saturated heterocycles. The Kier molecular flexibility index (Phi) is 4.65. The van der Waals surface area contributed by atoms with E-state index >= 15 is 0 Å². The predicted octanol–water partition coefficient (Wildman–Crippen LogP) is 3.14. The zero-order valence-electron chi connectivity index (χ0n) is 14.5. The van der Waals surface area contributed by atoms with E-state index in [0.29, 0.717) is 24.5 Å². The number of likely N-dealkylation sites (tertiary alicyclic amines) is 1. The topological polar surface area (TPSA) is 54.0 Å². The third kappa shape index (κ3) is 3.59. The van der Waals surface area contributed by atoms with Gasteiger partial charge in [0.15, 0.2) is 0 Å². The molecule has 2 aromatic heterocycles. The molecule has 0 bridgehead atoms. The first-order valence-electron chi connectivity index (χ1n) is 8.60. The van der Waals surface area contributed by atoms with E-state index in [1.807, 2.05) is 30.0 Å². The lowest BCUT2D eigenvalue weighted by Crippen LogP contribution is -2.24. The first-order valence-corrected chi connectivity index (χ1v) is 8.60. The van der Waals surface area contributed by atoms with E-state index in [2.05, 4.69) is 15.0 Å². The van der Waals surface area contributed by atoms with Crippen molar-refractivity contribution in [2.24, 2.45) is 0 Å². The maximum absolute atomic E-state index is 14.3. The molecule has 0 radical (unpaired) electrons. The van der Waals surface area contributed by atoms with Gasteiger partial charge in [-0.25, -0.2) is 13.8 Å². The monoisotopic (exact) mass is 358 g/mol. The summed E-state index contributed by atoms with van der Waals surface area (Å²) in [5, 5.41) is 0. The molecule has 1 aromatic carbocycles. The van der Waals surface area contributed by atoms with Gasteiger partial charge in [-0.3, -0.25) is 9.88 Å². The van der Waals surface area contributed by atoms with Gasteiger partial charge in [-0.05, 0) is 30.7 Å². The van der Waals surface area contributed by atoms with Crippen molar-refractivity contribution in [3.05, 3.63) is 59.4 Å². The largest absolute Gasteiger partial charge is 0.366 e. The van der Waals surface area contributed by atoms with Crippen molar-refractivity contribution in [3.63, 3.8) is 0 Å². The Hall–Kier alpha value is -2.38. The number of nitrogens with zero attached hydrogens (tertiary/aromatic N) is 3. The zero-order valence-corrected chi connectivity index (χ0v) is 14.5. The van der Waals surface area contributed by atoms with Gasteiger partial charge < -0.3 is 9.72 Å². The number of aromatic nitrogens is 3. The van der Waals surface area contributed by atoms with Crippen LogP contribution >= 0.6 is 0 Å². The summed E-state index contributed by atoms with van der Waals surface area (Å²) < 4.78 is 33.8. The van der Waals surface area contributed by atoms with Crippen molar-refractivity contribution in [2.75, 3.05) is 13.1 Å². The minimum Gasteiger partial charge on any atom is -0.366 e. The number of aryl methyl sites for hydroxylation is 1. The number of aromatic amines is 1. The quantitative estimate of drug-likeness (QED) is 0.761. The summed E-state index contributed by atoms with van der Waals surface area (Å²) in [6.07, 6.45) is 1.07. The zero-order chi connectivity index (χ0) is 18.1. The van der Waals surface area contributed by atoms with Crippen LogP contribution in [0.15, 0.2) is 36.7 Å². The summed E-state index contributed by atoms with van der Waals surface area (Å²) in [5.74, 6) is 0.307. The number of hydrogen-bond donors (Lipinski definition) is 1. The second kappa shape index (κ2) is 7.09. The van der Waals surface area contributed by atoms with Gasteiger partial charge in [0.2, 0.25) is 0 Å². The van der Waals surface area contributed by atoms with E-state index in [9.17, 15) is 8.78 Å². The van der Waals surface area contributed by atoms with Crippen LogP contribution in [0.1, 0.15) is 17.0 Å². The molecular formula is C19H20F2N4O. The summed E-state index contributed by atoms with van der Waals surface area (Å²) in [4.78, 5) is 13.3. The Morgan fingerprint density at radius 2 is 2.19 bits per heavy atom. The minimum absolute atomic E-state index is 0.219. The normalized spacial score (nSPS) is 20.9. The standard InChI is InChI=1S/C19H20F2N4O/c1-12-2-3-16-17(6-12)24-19(23-16)11-26-18-10-25(9-15(18)21)8-13-4-5-22-7-14(13)20/h2-7,15,18H,8-11H2,1H3,(H,23,24). The highest BCUT2D eigenvalue weighted by atomic mass is 19.1. The number of nitrogens with one attached hydrogen (secondary N) is 1. The third-order valence-corrected chi connectivity index (χ3v) is 4.65. The molecule has 7 heteroatoms.